The molecule has 1 saturated heterocycles. The summed E-state index contributed by atoms with van der Waals surface area (Å²) >= 11 is 0. The molecule has 0 spiro atoms. The minimum atomic E-state index is -0.709. The number of aromatic nitrogens is 1. The van der Waals surface area contributed by atoms with Gasteiger partial charge in [-0.1, -0.05) is 6.07 Å². The summed E-state index contributed by atoms with van der Waals surface area (Å²) in [6, 6.07) is 13.2. The Morgan fingerprint density at radius 3 is 2.36 bits per heavy atom. The van der Waals surface area contributed by atoms with E-state index in [-0.39, 0.29) is 5.69 Å². The predicted molar refractivity (Wildman–Crippen MR) is 113 cm³/mol. The first kappa shape index (κ1) is 18.4. The fourth-order valence-corrected chi connectivity index (χ4v) is 4.21. The Morgan fingerprint density at radius 1 is 0.964 bits per heavy atom. The van der Waals surface area contributed by atoms with Gasteiger partial charge in [0.05, 0.1) is 12.2 Å². The number of nitrogens with one attached hydrogen (secondary N) is 2. The average Bonchev–Trinajstić information content (AvgIpc) is 2.74. The van der Waals surface area contributed by atoms with E-state index in [1.54, 1.807) is 6.20 Å². The highest BCUT2D eigenvalue weighted by atomic mass is 32.2. The van der Waals surface area contributed by atoms with E-state index >= 15 is 0 Å². The summed E-state index contributed by atoms with van der Waals surface area (Å²) in [6.07, 6.45) is 1.68. The van der Waals surface area contributed by atoms with Gasteiger partial charge in [0.2, 0.25) is 0 Å². The molecule has 4 rings (SSSR count). The number of hydrogen-bond acceptors (Lipinski definition) is 7. The Hall–Kier alpha value is -3.00. The molecule has 1 aliphatic heterocycles. The standard InChI is InChI=1S/C20H20N4O3S/c25-19-17(22-13-15-3-1-2-8-21-15)18(20(19)26)23-14-4-6-16(7-5-14)24-9-11-28(27)12-10-24/h1-8,22-23H,9-13H2. The van der Waals surface area contributed by atoms with Crippen LogP contribution in [0, 0.1) is 0 Å². The molecule has 3 aromatic rings. The van der Waals surface area contributed by atoms with E-state index in [1.807, 2.05) is 42.5 Å². The van der Waals surface area contributed by atoms with E-state index in [2.05, 4.69) is 20.5 Å². The van der Waals surface area contributed by atoms with Crippen molar-refractivity contribution in [2.24, 2.45) is 0 Å². The maximum absolute atomic E-state index is 12.0. The summed E-state index contributed by atoms with van der Waals surface area (Å²) in [5.74, 6) is 1.38. The van der Waals surface area contributed by atoms with Gasteiger partial charge in [0.1, 0.15) is 11.4 Å². The van der Waals surface area contributed by atoms with Crippen LogP contribution in [0.3, 0.4) is 0 Å². The Morgan fingerprint density at radius 2 is 1.68 bits per heavy atom. The molecule has 0 radical (unpaired) electrons. The van der Waals surface area contributed by atoms with Crippen molar-refractivity contribution < 1.29 is 4.21 Å². The van der Waals surface area contributed by atoms with Gasteiger partial charge in [-0.05, 0) is 36.4 Å². The van der Waals surface area contributed by atoms with Crippen LogP contribution in [0.5, 0.6) is 0 Å². The number of rotatable bonds is 6. The van der Waals surface area contributed by atoms with Crippen molar-refractivity contribution in [1.29, 1.82) is 0 Å². The Labute approximate surface area is 164 Å². The van der Waals surface area contributed by atoms with E-state index in [0.29, 0.717) is 23.7 Å². The molecule has 2 N–H and O–H groups in total. The molecule has 0 amide bonds. The third-order valence-corrected chi connectivity index (χ3v) is 6.04. The van der Waals surface area contributed by atoms with E-state index in [9.17, 15) is 13.8 Å². The topological polar surface area (TPSA) is 91.4 Å². The number of benzene rings is 1. The molecule has 7 nitrogen and oxygen atoms in total. The molecule has 2 heterocycles. The van der Waals surface area contributed by atoms with Crippen LogP contribution in [-0.4, -0.2) is 33.8 Å². The van der Waals surface area contributed by atoms with E-state index in [0.717, 1.165) is 30.2 Å². The molecule has 1 aromatic heterocycles. The summed E-state index contributed by atoms with van der Waals surface area (Å²) in [5.41, 5.74) is 2.11. The number of hydrogen-bond donors (Lipinski definition) is 2. The van der Waals surface area contributed by atoms with Gasteiger partial charge in [0.15, 0.2) is 0 Å². The van der Waals surface area contributed by atoms with Crippen LogP contribution in [0.2, 0.25) is 0 Å². The van der Waals surface area contributed by atoms with Crippen LogP contribution in [-0.2, 0) is 17.3 Å². The van der Waals surface area contributed by atoms with Crippen molar-refractivity contribution in [2.75, 3.05) is 40.1 Å². The lowest BCUT2D eigenvalue weighted by Crippen LogP contribution is -2.37. The molecule has 0 unspecified atom stereocenters. The normalized spacial score (nSPS) is 14.9. The van der Waals surface area contributed by atoms with Crippen molar-refractivity contribution in [3.8, 4) is 0 Å². The molecule has 1 aliphatic rings. The smallest absolute Gasteiger partial charge is 0.253 e. The van der Waals surface area contributed by atoms with Crippen LogP contribution in [0.1, 0.15) is 5.69 Å². The highest BCUT2D eigenvalue weighted by Crippen LogP contribution is 2.24. The molecule has 28 heavy (non-hydrogen) atoms. The second-order valence-electron chi connectivity index (χ2n) is 6.59. The number of pyridine rings is 1. The molecule has 8 heteroatoms. The summed E-state index contributed by atoms with van der Waals surface area (Å²) in [5, 5.41) is 6.04. The van der Waals surface area contributed by atoms with Crippen molar-refractivity contribution in [1.82, 2.24) is 4.98 Å². The quantitative estimate of drug-likeness (QED) is 0.612. The molecule has 2 aromatic carbocycles. The summed E-state index contributed by atoms with van der Waals surface area (Å²) < 4.78 is 11.5. The Bertz CT molecular complexity index is 1050. The van der Waals surface area contributed by atoms with Gasteiger partial charge >= 0.3 is 0 Å². The van der Waals surface area contributed by atoms with Crippen molar-refractivity contribution in [3.63, 3.8) is 0 Å². The zero-order chi connectivity index (χ0) is 19.5. The van der Waals surface area contributed by atoms with Gasteiger partial charge in [-0.3, -0.25) is 18.8 Å². The number of anilines is 4. The van der Waals surface area contributed by atoms with Crippen LogP contribution < -0.4 is 26.4 Å². The maximum atomic E-state index is 12.0. The number of nitrogens with zero attached hydrogens (tertiary/aromatic N) is 2. The zero-order valence-electron chi connectivity index (χ0n) is 15.2. The lowest BCUT2D eigenvalue weighted by molar-refractivity contribution is 0.673. The minimum absolute atomic E-state index is 0.280. The van der Waals surface area contributed by atoms with Crippen LogP contribution >= 0.6 is 0 Å². The van der Waals surface area contributed by atoms with Gasteiger partial charge in [0.25, 0.3) is 10.9 Å². The van der Waals surface area contributed by atoms with Gasteiger partial charge in [-0.15, -0.1) is 0 Å². The largest absolute Gasteiger partial charge is 0.374 e. The molecular weight excluding hydrogens is 376 g/mol. The molecule has 0 saturated carbocycles. The fourth-order valence-electron chi connectivity index (χ4n) is 3.16. The Balaban J connectivity index is 1.43. The van der Waals surface area contributed by atoms with Crippen molar-refractivity contribution >= 4 is 33.5 Å². The molecule has 0 bridgehead atoms. The molecule has 144 valence electrons. The van der Waals surface area contributed by atoms with Crippen molar-refractivity contribution in [2.45, 2.75) is 6.54 Å². The fraction of sp³-hybridized carbons (Fsp3) is 0.250. The van der Waals surface area contributed by atoms with Gasteiger partial charge in [0, 0.05) is 53.0 Å². The lowest BCUT2D eigenvalue weighted by atomic mass is 10.1. The first-order valence-corrected chi connectivity index (χ1v) is 10.5. The first-order valence-electron chi connectivity index (χ1n) is 9.06. The summed E-state index contributed by atoms with van der Waals surface area (Å²) in [7, 11) is -0.709. The van der Waals surface area contributed by atoms with Gasteiger partial charge < -0.3 is 15.5 Å². The molecular formula is C20H20N4O3S. The molecule has 0 atom stereocenters. The highest BCUT2D eigenvalue weighted by Gasteiger charge is 2.21. The van der Waals surface area contributed by atoms with Crippen LogP contribution in [0.4, 0.5) is 22.7 Å². The SMILES string of the molecule is O=c1c(NCc2ccccn2)c(Nc2ccc(N3CCS(=O)CC3)cc2)c1=O. The van der Waals surface area contributed by atoms with E-state index in [4.69, 9.17) is 0 Å². The lowest BCUT2D eigenvalue weighted by Gasteiger charge is -2.28. The van der Waals surface area contributed by atoms with E-state index < -0.39 is 21.7 Å². The minimum Gasteiger partial charge on any atom is -0.374 e. The predicted octanol–water partition coefficient (Wildman–Crippen LogP) is 1.60. The monoisotopic (exact) mass is 396 g/mol. The third-order valence-electron chi connectivity index (χ3n) is 4.76. The Kier molecular flexibility index (Phi) is 5.21. The van der Waals surface area contributed by atoms with Crippen LogP contribution in [0.15, 0.2) is 58.3 Å². The van der Waals surface area contributed by atoms with E-state index in [1.165, 1.54) is 0 Å². The second-order valence-corrected chi connectivity index (χ2v) is 8.29. The van der Waals surface area contributed by atoms with Crippen molar-refractivity contribution in [3.05, 3.63) is 74.8 Å². The molecule has 1 fully saturated rings. The second kappa shape index (κ2) is 7.93. The average molecular weight is 396 g/mol. The molecule has 0 aliphatic carbocycles. The van der Waals surface area contributed by atoms with Gasteiger partial charge in [-0.25, -0.2) is 0 Å². The highest BCUT2D eigenvalue weighted by molar-refractivity contribution is 7.85. The third kappa shape index (κ3) is 3.82. The first-order chi connectivity index (χ1) is 13.6. The van der Waals surface area contributed by atoms with Gasteiger partial charge in [-0.2, -0.15) is 0 Å². The maximum Gasteiger partial charge on any atom is 0.253 e. The summed E-state index contributed by atoms with van der Waals surface area (Å²) in [6.45, 7) is 1.92. The summed E-state index contributed by atoms with van der Waals surface area (Å²) in [4.78, 5) is 30.3. The van der Waals surface area contributed by atoms with Crippen LogP contribution in [0.25, 0.3) is 0 Å². The zero-order valence-corrected chi connectivity index (χ0v) is 16.0.